The van der Waals surface area contributed by atoms with Gasteiger partial charge in [-0.3, -0.25) is 4.57 Å². The fraction of sp³-hybridized carbons (Fsp3) is 0.280. The number of nitrogens with zero attached hydrogens (tertiary/aromatic N) is 4. The van der Waals surface area contributed by atoms with Crippen molar-refractivity contribution in [1.82, 2.24) is 14.8 Å². The lowest BCUT2D eigenvalue weighted by molar-refractivity contribution is 0.0250. The largest absolute Gasteiger partial charge is 0.467 e. The minimum Gasteiger partial charge on any atom is -0.467 e. The Morgan fingerprint density at radius 2 is 1.66 bits per heavy atom. The number of morpholine rings is 1. The van der Waals surface area contributed by atoms with Crippen LogP contribution in [0, 0.1) is 0 Å². The summed E-state index contributed by atoms with van der Waals surface area (Å²) in [5, 5.41) is 9.04. The van der Waals surface area contributed by atoms with E-state index in [9.17, 15) is 0 Å². The lowest BCUT2D eigenvalue weighted by atomic mass is 10.2. The second kappa shape index (κ2) is 9.80. The highest BCUT2D eigenvalue weighted by Crippen LogP contribution is 2.26. The number of rotatable bonds is 8. The van der Waals surface area contributed by atoms with E-state index in [1.54, 1.807) is 6.26 Å². The average molecular weight is 431 g/mol. The topological polar surface area (TPSA) is 65.6 Å². The van der Waals surface area contributed by atoms with Gasteiger partial charge in [0.1, 0.15) is 18.5 Å². The molecule has 0 N–H and O–H groups in total. The van der Waals surface area contributed by atoms with Gasteiger partial charge in [0.15, 0.2) is 5.82 Å². The molecule has 5 rings (SSSR count). The van der Waals surface area contributed by atoms with Crippen molar-refractivity contribution in [1.29, 1.82) is 0 Å². The molecule has 3 heterocycles. The molecule has 0 spiro atoms. The summed E-state index contributed by atoms with van der Waals surface area (Å²) in [7, 11) is 0. The third-order valence-electron chi connectivity index (χ3n) is 5.54. The Labute approximate surface area is 187 Å². The molecular weight excluding hydrogens is 404 g/mol. The standard InChI is InChI=1S/C25H26N4O3/c1-3-8-20(9-4-1)16-29-24(19-30-18-21-10-5-2-6-11-21)26-27-25(29)28-13-15-32-23(17-28)22-12-7-14-31-22/h1-12,14,23H,13,15-19H2. The monoisotopic (exact) mass is 430 g/mol. The van der Waals surface area contributed by atoms with Gasteiger partial charge >= 0.3 is 0 Å². The van der Waals surface area contributed by atoms with Crippen molar-refractivity contribution in [3.05, 3.63) is 102 Å². The molecule has 1 saturated heterocycles. The van der Waals surface area contributed by atoms with E-state index in [-0.39, 0.29) is 6.10 Å². The molecule has 2 aromatic heterocycles. The van der Waals surface area contributed by atoms with Crippen LogP contribution in [0.5, 0.6) is 0 Å². The summed E-state index contributed by atoms with van der Waals surface area (Å²) in [6.07, 6.45) is 1.55. The zero-order chi connectivity index (χ0) is 21.6. The third-order valence-corrected chi connectivity index (χ3v) is 5.54. The second-order valence-corrected chi connectivity index (χ2v) is 7.79. The van der Waals surface area contributed by atoms with Gasteiger partial charge in [0.05, 0.1) is 32.6 Å². The van der Waals surface area contributed by atoms with Crippen LogP contribution < -0.4 is 4.90 Å². The Kier molecular flexibility index (Phi) is 6.28. The average Bonchev–Trinajstić information content (AvgIpc) is 3.52. The maximum Gasteiger partial charge on any atom is 0.227 e. The maximum absolute atomic E-state index is 5.98. The maximum atomic E-state index is 5.98. The summed E-state index contributed by atoms with van der Waals surface area (Å²) < 4.78 is 19.6. The smallest absolute Gasteiger partial charge is 0.227 e. The van der Waals surface area contributed by atoms with E-state index in [1.165, 1.54) is 5.56 Å². The van der Waals surface area contributed by atoms with Gasteiger partial charge in [-0.1, -0.05) is 60.7 Å². The van der Waals surface area contributed by atoms with Gasteiger partial charge in [-0.25, -0.2) is 0 Å². The number of benzene rings is 2. The van der Waals surface area contributed by atoms with E-state index >= 15 is 0 Å². The molecule has 0 aliphatic carbocycles. The van der Waals surface area contributed by atoms with E-state index in [4.69, 9.17) is 13.9 Å². The Balaban J connectivity index is 1.36. The van der Waals surface area contributed by atoms with E-state index in [2.05, 4.69) is 43.9 Å². The molecule has 1 aliphatic heterocycles. The Bertz CT molecular complexity index is 1100. The quantitative estimate of drug-likeness (QED) is 0.417. The van der Waals surface area contributed by atoms with Gasteiger partial charge in [0.25, 0.3) is 0 Å². The Morgan fingerprint density at radius 1 is 0.875 bits per heavy atom. The molecule has 2 aromatic carbocycles. The predicted molar refractivity (Wildman–Crippen MR) is 120 cm³/mol. The molecule has 4 aromatic rings. The number of ether oxygens (including phenoxy) is 2. The molecule has 32 heavy (non-hydrogen) atoms. The highest BCUT2D eigenvalue weighted by atomic mass is 16.5. The lowest BCUT2D eigenvalue weighted by Gasteiger charge is -2.32. The molecule has 1 unspecified atom stereocenters. The van der Waals surface area contributed by atoms with Crippen molar-refractivity contribution in [2.24, 2.45) is 0 Å². The third kappa shape index (κ3) is 4.74. The summed E-state index contributed by atoms with van der Waals surface area (Å²) >= 11 is 0. The minimum absolute atomic E-state index is 0.126. The molecule has 0 saturated carbocycles. The van der Waals surface area contributed by atoms with E-state index in [0.717, 1.165) is 29.6 Å². The van der Waals surface area contributed by atoms with Crippen LogP contribution in [0.2, 0.25) is 0 Å². The summed E-state index contributed by atoms with van der Waals surface area (Å²) in [4.78, 5) is 2.22. The van der Waals surface area contributed by atoms with Crippen LogP contribution in [0.25, 0.3) is 0 Å². The molecule has 1 fully saturated rings. The number of hydrogen-bond donors (Lipinski definition) is 0. The fourth-order valence-electron chi connectivity index (χ4n) is 3.91. The van der Waals surface area contributed by atoms with E-state index < -0.39 is 0 Å². The molecule has 164 valence electrons. The summed E-state index contributed by atoms with van der Waals surface area (Å²) in [5.41, 5.74) is 2.32. The highest BCUT2D eigenvalue weighted by molar-refractivity contribution is 5.34. The van der Waals surface area contributed by atoms with Crippen LogP contribution in [-0.4, -0.2) is 34.5 Å². The number of hydrogen-bond acceptors (Lipinski definition) is 6. The first kappa shape index (κ1) is 20.5. The highest BCUT2D eigenvalue weighted by Gasteiger charge is 2.28. The van der Waals surface area contributed by atoms with Crippen molar-refractivity contribution >= 4 is 5.95 Å². The first-order chi connectivity index (χ1) is 15.9. The predicted octanol–water partition coefficient (Wildman–Crippen LogP) is 4.21. The van der Waals surface area contributed by atoms with Crippen molar-refractivity contribution in [2.75, 3.05) is 24.6 Å². The van der Waals surface area contributed by atoms with Gasteiger partial charge in [0.2, 0.25) is 5.95 Å². The molecule has 0 amide bonds. The SMILES string of the molecule is c1ccc(COCc2nnc(N3CCOC(c4ccco4)C3)n2Cc2ccccc2)cc1. The van der Waals surface area contributed by atoms with Crippen LogP contribution in [0.4, 0.5) is 5.95 Å². The van der Waals surface area contributed by atoms with Crippen LogP contribution >= 0.6 is 0 Å². The molecule has 7 heteroatoms. The Hall–Kier alpha value is -3.42. The van der Waals surface area contributed by atoms with Crippen LogP contribution in [-0.2, 0) is 29.2 Å². The first-order valence-corrected chi connectivity index (χ1v) is 10.8. The number of furan rings is 1. The zero-order valence-electron chi connectivity index (χ0n) is 17.8. The molecule has 7 nitrogen and oxygen atoms in total. The van der Waals surface area contributed by atoms with Crippen LogP contribution in [0.1, 0.15) is 28.8 Å². The van der Waals surface area contributed by atoms with Crippen LogP contribution in [0.3, 0.4) is 0 Å². The van der Waals surface area contributed by atoms with Crippen molar-refractivity contribution in [2.45, 2.75) is 25.9 Å². The summed E-state index contributed by atoms with van der Waals surface area (Å²) in [6.45, 7) is 3.60. The number of anilines is 1. The van der Waals surface area contributed by atoms with Gasteiger partial charge in [-0.2, -0.15) is 0 Å². The zero-order valence-corrected chi connectivity index (χ0v) is 17.8. The van der Waals surface area contributed by atoms with Gasteiger partial charge < -0.3 is 18.8 Å². The van der Waals surface area contributed by atoms with E-state index in [0.29, 0.717) is 32.9 Å². The first-order valence-electron chi connectivity index (χ1n) is 10.8. The fourth-order valence-corrected chi connectivity index (χ4v) is 3.91. The molecule has 1 aliphatic rings. The summed E-state index contributed by atoms with van der Waals surface area (Å²) in [5.74, 6) is 2.46. The van der Waals surface area contributed by atoms with Crippen molar-refractivity contribution in [3.63, 3.8) is 0 Å². The van der Waals surface area contributed by atoms with Crippen molar-refractivity contribution in [3.8, 4) is 0 Å². The molecular formula is C25H26N4O3. The number of aromatic nitrogens is 3. The second-order valence-electron chi connectivity index (χ2n) is 7.79. The lowest BCUT2D eigenvalue weighted by Crippen LogP contribution is -2.40. The van der Waals surface area contributed by atoms with Gasteiger partial charge in [-0.05, 0) is 23.3 Å². The molecule has 0 bridgehead atoms. The summed E-state index contributed by atoms with van der Waals surface area (Å²) in [6, 6.07) is 24.3. The van der Waals surface area contributed by atoms with Gasteiger partial charge in [0, 0.05) is 6.54 Å². The van der Waals surface area contributed by atoms with Crippen molar-refractivity contribution < 1.29 is 13.9 Å². The van der Waals surface area contributed by atoms with Crippen LogP contribution in [0.15, 0.2) is 83.5 Å². The molecule has 0 radical (unpaired) electrons. The molecule has 1 atom stereocenters. The minimum atomic E-state index is -0.126. The normalized spacial score (nSPS) is 16.4. The Morgan fingerprint density at radius 3 is 2.41 bits per heavy atom. The van der Waals surface area contributed by atoms with E-state index in [1.807, 2.05) is 48.5 Å². The van der Waals surface area contributed by atoms with Gasteiger partial charge in [-0.15, -0.1) is 10.2 Å².